The number of benzene rings is 2. The number of thioether (sulfide) groups is 1. The van der Waals surface area contributed by atoms with Gasteiger partial charge in [-0.3, -0.25) is 4.79 Å². The zero-order valence-electron chi connectivity index (χ0n) is 16.8. The maximum atomic E-state index is 12.7. The van der Waals surface area contributed by atoms with Gasteiger partial charge in [0.05, 0.1) is 5.57 Å². The van der Waals surface area contributed by atoms with Gasteiger partial charge in [-0.1, -0.05) is 54.2 Å². The molecule has 32 heavy (non-hydrogen) atoms. The van der Waals surface area contributed by atoms with Crippen LogP contribution in [0.1, 0.15) is 24.1 Å². The Bertz CT molecular complexity index is 1180. The Morgan fingerprint density at radius 2 is 1.97 bits per heavy atom. The molecular formula is C21H18F3N5O2S. The number of nitrogens with one attached hydrogen (secondary N) is 1. The fourth-order valence-electron chi connectivity index (χ4n) is 3.42. The summed E-state index contributed by atoms with van der Waals surface area (Å²) in [6.45, 7) is 1.65. The van der Waals surface area contributed by atoms with E-state index < -0.39 is 24.1 Å². The first-order valence-electron chi connectivity index (χ1n) is 9.48. The molecule has 0 fully saturated rings. The number of amides is 1. The van der Waals surface area contributed by atoms with E-state index in [2.05, 4.69) is 20.1 Å². The Morgan fingerprint density at radius 3 is 2.66 bits per heavy atom. The summed E-state index contributed by atoms with van der Waals surface area (Å²) in [6, 6.07) is 14.3. The summed E-state index contributed by atoms with van der Waals surface area (Å²) < 4.78 is 43.6. The highest BCUT2D eigenvalue weighted by Gasteiger charge is 2.35. The van der Waals surface area contributed by atoms with Crippen molar-refractivity contribution in [2.45, 2.75) is 30.2 Å². The Labute approximate surface area is 185 Å². The number of carbonyl (C=O) groups excluding carboxylic acids is 1. The molecular weight excluding hydrogens is 443 g/mol. The third-order valence-electron chi connectivity index (χ3n) is 4.72. The van der Waals surface area contributed by atoms with Crippen molar-refractivity contribution in [1.82, 2.24) is 14.8 Å². The van der Waals surface area contributed by atoms with Gasteiger partial charge in [0.15, 0.2) is 0 Å². The number of carbonyl (C=O) groups is 1. The molecule has 1 amide bonds. The number of ether oxygens (including phenoxy) is 1. The number of fused-ring (bicyclic) bond motifs is 1. The number of aromatic nitrogens is 3. The van der Waals surface area contributed by atoms with Crippen LogP contribution < -0.4 is 15.8 Å². The standard InChI is InChI=1S/C21H18F3N5O2S/c1-12-16(18(25)30)17(14-8-5-9-15(10-14)31-21(22,23)24)29-19(26-12)27-20(28-29)32-11-13-6-3-2-4-7-13/h2-10,17H,11H2,1H3,(H2,25,30)(H,26,27,28). The van der Waals surface area contributed by atoms with Crippen LogP contribution >= 0.6 is 11.8 Å². The highest BCUT2D eigenvalue weighted by atomic mass is 32.2. The number of anilines is 1. The van der Waals surface area contributed by atoms with E-state index in [-0.39, 0.29) is 5.57 Å². The van der Waals surface area contributed by atoms with Crippen molar-refractivity contribution < 1.29 is 22.7 Å². The van der Waals surface area contributed by atoms with E-state index in [1.165, 1.54) is 34.6 Å². The number of nitrogens with two attached hydrogens (primary N) is 1. The molecule has 1 aliphatic heterocycles. The lowest BCUT2D eigenvalue weighted by Gasteiger charge is -2.27. The third-order valence-corrected chi connectivity index (χ3v) is 5.63. The summed E-state index contributed by atoms with van der Waals surface area (Å²) in [5.41, 5.74) is 7.67. The van der Waals surface area contributed by atoms with Gasteiger partial charge in [0.2, 0.25) is 17.0 Å². The molecule has 0 saturated carbocycles. The van der Waals surface area contributed by atoms with Gasteiger partial charge in [0.1, 0.15) is 11.8 Å². The quantitative estimate of drug-likeness (QED) is 0.533. The van der Waals surface area contributed by atoms with Gasteiger partial charge in [-0.25, -0.2) is 4.68 Å². The topological polar surface area (TPSA) is 95.1 Å². The second-order valence-electron chi connectivity index (χ2n) is 6.99. The smallest absolute Gasteiger partial charge is 0.406 e. The van der Waals surface area contributed by atoms with Gasteiger partial charge in [-0.05, 0) is 30.2 Å². The van der Waals surface area contributed by atoms with Crippen molar-refractivity contribution >= 4 is 23.6 Å². The zero-order valence-corrected chi connectivity index (χ0v) is 17.6. The van der Waals surface area contributed by atoms with Gasteiger partial charge in [-0.15, -0.1) is 18.3 Å². The molecule has 2 aromatic carbocycles. The van der Waals surface area contributed by atoms with Crippen molar-refractivity contribution in [2.24, 2.45) is 5.73 Å². The summed E-state index contributed by atoms with van der Waals surface area (Å²) >= 11 is 1.39. The van der Waals surface area contributed by atoms with Crippen molar-refractivity contribution in [2.75, 3.05) is 5.32 Å². The number of hydrogen-bond donors (Lipinski definition) is 2. The molecule has 1 aromatic heterocycles. The van der Waals surface area contributed by atoms with Gasteiger partial charge < -0.3 is 15.8 Å². The molecule has 0 saturated heterocycles. The average molecular weight is 461 g/mol. The van der Waals surface area contributed by atoms with Crippen molar-refractivity contribution in [3.8, 4) is 5.75 Å². The van der Waals surface area contributed by atoms with Crippen molar-refractivity contribution in [1.29, 1.82) is 0 Å². The van der Waals surface area contributed by atoms with Crippen LogP contribution in [0, 0.1) is 0 Å². The lowest BCUT2D eigenvalue weighted by molar-refractivity contribution is -0.274. The Hall–Kier alpha value is -3.47. The molecule has 2 heterocycles. The van der Waals surface area contributed by atoms with Crippen molar-refractivity contribution in [3.05, 3.63) is 77.0 Å². The molecule has 7 nitrogen and oxygen atoms in total. The van der Waals surface area contributed by atoms with Crippen LogP contribution in [0.25, 0.3) is 0 Å². The predicted octanol–water partition coefficient (Wildman–Crippen LogP) is 4.24. The highest BCUT2D eigenvalue weighted by molar-refractivity contribution is 7.98. The molecule has 0 bridgehead atoms. The van der Waals surface area contributed by atoms with Crippen LogP contribution in [0.15, 0.2) is 71.0 Å². The van der Waals surface area contributed by atoms with E-state index in [9.17, 15) is 18.0 Å². The lowest BCUT2D eigenvalue weighted by Crippen LogP contribution is -2.32. The molecule has 3 N–H and O–H groups in total. The molecule has 0 spiro atoms. The molecule has 1 unspecified atom stereocenters. The number of halogens is 3. The fraction of sp³-hybridized carbons (Fsp3) is 0.190. The van der Waals surface area contributed by atoms with Gasteiger partial charge in [-0.2, -0.15) is 4.98 Å². The summed E-state index contributed by atoms with van der Waals surface area (Å²) in [7, 11) is 0. The van der Waals surface area contributed by atoms with Crippen LogP contribution in [0.4, 0.5) is 19.1 Å². The number of nitrogens with zero attached hydrogens (tertiary/aromatic N) is 3. The lowest BCUT2D eigenvalue weighted by atomic mass is 9.95. The second-order valence-corrected chi connectivity index (χ2v) is 7.93. The van der Waals surface area contributed by atoms with Gasteiger partial charge in [0.25, 0.3) is 0 Å². The summed E-state index contributed by atoms with van der Waals surface area (Å²) in [6.07, 6.45) is -4.84. The number of rotatable bonds is 6. The molecule has 4 rings (SSSR count). The number of alkyl halides is 3. The van der Waals surface area contributed by atoms with E-state index in [1.807, 2.05) is 30.3 Å². The molecule has 166 valence electrons. The highest BCUT2D eigenvalue weighted by Crippen LogP contribution is 2.37. The van der Waals surface area contributed by atoms with Gasteiger partial charge in [0, 0.05) is 11.4 Å². The van der Waals surface area contributed by atoms with Crippen molar-refractivity contribution in [3.63, 3.8) is 0 Å². The first kappa shape index (κ1) is 21.8. The van der Waals surface area contributed by atoms with E-state index in [0.29, 0.717) is 28.1 Å². The van der Waals surface area contributed by atoms with E-state index in [0.717, 1.165) is 5.56 Å². The summed E-state index contributed by atoms with van der Waals surface area (Å²) in [4.78, 5) is 16.7. The van der Waals surface area contributed by atoms with E-state index in [4.69, 9.17) is 5.73 Å². The average Bonchev–Trinajstić information content (AvgIpc) is 3.13. The third kappa shape index (κ3) is 4.72. The van der Waals surface area contributed by atoms with Crippen LogP contribution in [0.2, 0.25) is 0 Å². The van der Waals surface area contributed by atoms with Crippen LogP contribution in [-0.4, -0.2) is 27.0 Å². The molecule has 0 radical (unpaired) electrons. The monoisotopic (exact) mass is 461 g/mol. The Balaban J connectivity index is 1.70. The van der Waals surface area contributed by atoms with Crippen LogP contribution in [-0.2, 0) is 10.5 Å². The Kier molecular flexibility index (Phi) is 5.83. The molecule has 3 aromatic rings. The van der Waals surface area contributed by atoms with Gasteiger partial charge >= 0.3 is 6.36 Å². The molecule has 11 heteroatoms. The largest absolute Gasteiger partial charge is 0.573 e. The summed E-state index contributed by atoms with van der Waals surface area (Å²) in [5, 5.41) is 7.95. The first-order valence-corrected chi connectivity index (χ1v) is 10.5. The molecule has 0 aliphatic carbocycles. The summed E-state index contributed by atoms with van der Waals surface area (Å²) in [5.74, 6) is -0.147. The number of hydrogen-bond acceptors (Lipinski definition) is 6. The minimum absolute atomic E-state index is 0.172. The number of primary amides is 1. The SMILES string of the molecule is CC1=C(C(N)=O)C(c2cccc(OC(F)(F)F)c2)n2nc(SCc3ccccc3)nc2N1. The first-order chi connectivity index (χ1) is 15.2. The predicted molar refractivity (Wildman–Crippen MR) is 113 cm³/mol. The molecule has 1 aliphatic rings. The minimum atomic E-state index is -4.84. The maximum absolute atomic E-state index is 12.7. The zero-order chi connectivity index (χ0) is 22.9. The van der Waals surface area contributed by atoms with E-state index >= 15 is 0 Å². The second kappa shape index (κ2) is 8.58. The normalized spacial score (nSPS) is 15.8. The minimum Gasteiger partial charge on any atom is -0.406 e. The van der Waals surface area contributed by atoms with E-state index in [1.54, 1.807) is 13.0 Å². The molecule has 1 atom stereocenters. The fourth-order valence-corrected chi connectivity index (χ4v) is 4.21. The maximum Gasteiger partial charge on any atom is 0.573 e. The van der Waals surface area contributed by atoms with Crippen LogP contribution in [0.5, 0.6) is 5.75 Å². The Morgan fingerprint density at radius 1 is 1.22 bits per heavy atom. The van der Waals surface area contributed by atoms with Crippen LogP contribution in [0.3, 0.4) is 0 Å². The number of allylic oxidation sites excluding steroid dienone is 1.